The van der Waals surface area contributed by atoms with Gasteiger partial charge in [0.05, 0.1) is 27.9 Å². The van der Waals surface area contributed by atoms with Gasteiger partial charge in [-0.25, -0.2) is 24.9 Å². The minimum absolute atomic E-state index is 0.479. The molecule has 0 aromatic carbocycles. The van der Waals surface area contributed by atoms with Crippen LogP contribution in [0.5, 0.6) is 0 Å². The van der Waals surface area contributed by atoms with Crippen LogP contribution in [-0.4, -0.2) is 48.6 Å². The highest BCUT2D eigenvalue weighted by molar-refractivity contribution is 7.87. The summed E-state index contributed by atoms with van der Waals surface area (Å²) < 4.78 is 18.5. The van der Waals surface area contributed by atoms with Gasteiger partial charge in [0.1, 0.15) is 21.7 Å². The highest BCUT2D eigenvalue weighted by Gasteiger charge is 2.21. The molecule has 0 saturated heterocycles. The van der Waals surface area contributed by atoms with Gasteiger partial charge in [-0.3, -0.25) is 4.21 Å². The summed E-state index contributed by atoms with van der Waals surface area (Å²) in [4.78, 5) is 22.0. The number of hydrogen-bond acceptors (Lipinski definition) is 9. The minimum atomic E-state index is -1.23. The average Bonchev–Trinajstić information content (AvgIpc) is 3.11. The SMILES string of the molecule is COCCCS(=O)c1sc2nc(-c3cncnc3)cc(-c3ccncn3)c2c1N. The summed E-state index contributed by atoms with van der Waals surface area (Å²) in [6, 6.07) is 3.72. The van der Waals surface area contributed by atoms with Crippen molar-refractivity contribution in [2.24, 2.45) is 0 Å². The van der Waals surface area contributed by atoms with E-state index in [4.69, 9.17) is 15.5 Å². The van der Waals surface area contributed by atoms with Crippen LogP contribution in [0, 0.1) is 0 Å². The Balaban J connectivity index is 1.89. The zero-order valence-electron chi connectivity index (χ0n) is 15.6. The zero-order chi connectivity index (χ0) is 20.2. The highest BCUT2D eigenvalue weighted by atomic mass is 32.2. The van der Waals surface area contributed by atoms with Crippen LogP contribution in [0.2, 0.25) is 0 Å². The lowest BCUT2D eigenvalue weighted by molar-refractivity contribution is 0.200. The maximum atomic E-state index is 12.8. The van der Waals surface area contributed by atoms with E-state index in [0.717, 1.165) is 16.5 Å². The Hall–Kier alpha value is -2.82. The predicted octanol–water partition coefficient (Wildman–Crippen LogP) is 2.94. The first-order chi connectivity index (χ1) is 14.2. The molecule has 4 aromatic rings. The van der Waals surface area contributed by atoms with Gasteiger partial charge in [0.25, 0.3) is 0 Å². The Kier molecular flexibility index (Phi) is 5.84. The number of anilines is 1. The van der Waals surface area contributed by atoms with Gasteiger partial charge >= 0.3 is 0 Å². The summed E-state index contributed by atoms with van der Waals surface area (Å²) >= 11 is 1.35. The van der Waals surface area contributed by atoms with Crippen molar-refractivity contribution in [2.45, 2.75) is 10.6 Å². The number of aromatic nitrogens is 5. The van der Waals surface area contributed by atoms with Crippen molar-refractivity contribution in [1.29, 1.82) is 0 Å². The number of nitrogens with zero attached hydrogens (tertiary/aromatic N) is 5. The molecule has 0 aliphatic carbocycles. The van der Waals surface area contributed by atoms with E-state index in [0.29, 0.717) is 44.9 Å². The van der Waals surface area contributed by atoms with Gasteiger partial charge < -0.3 is 10.5 Å². The number of nitrogen functional groups attached to an aromatic ring is 1. The van der Waals surface area contributed by atoms with Crippen LogP contribution in [-0.2, 0) is 15.5 Å². The normalized spacial score (nSPS) is 12.3. The predicted molar refractivity (Wildman–Crippen MR) is 114 cm³/mol. The molecule has 1 atom stereocenters. The molecule has 4 rings (SSSR count). The Morgan fingerprint density at radius 2 is 2.00 bits per heavy atom. The standard InChI is InChI=1S/C19H18N6O2S2/c1-27-5-2-6-29(26)19-17(20)16-13(14-3-4-21-11-24-14)7-15(25-18(16)28-19)12-8-22-10-23-9-12/h3-4,7-11H,2,5-6,20H2,1H3. The number of nitrogens with two attached hydrogens (primary N) is 1. The third-order valence-electron chi connectivity index (χ3n) is 4.26. The van der Waals surface area contributed by atoms with Crippen LogP contribution < -0.4 is 5.73 Å². The van der Waals surface area contributed by atoms with E-state index in [1.54, 1.807) is 25.7 Å². The van der Waals surface area contributed by atoms with Gasteiger partial charge in [0.15, 0.2) is 0 Å². The Morgan fingerprint density at radius 3 is 2.72 bits per heavy atom. The first-order valence-corrected chi connectivity index (χ1v) is 10.9. The summed E-state index contributed by atoms with van der Waals surface area (Å²) in [5.74, 6) is 0.479. The lowest BCUT2D eigenvalue weighted by Gasteiger charge is -2.07. The summed E-state index contributed by atoms with van der Waals surface area (Å²) in [7, 11) is 0.400. The fourth-order valence-electron chi connectivity index (χ4n) is 2.93. The van der Waals surface area contributed by atoms with Gasteiger partial charge in [-0.1, -0.05) is 0 Å². The number of fused-ring (bicyclic) bond motifs is 1. The van der Waals surface area contributed by atoms with Crippen molar-refractivity contribution >= 4 is 38.0 Å². The number of thiophene rings is 1. The maximum absolute atomic E-state index is 12.8. The lowest BCUT2D eigenvalue weighted by Crippen LogP contribution is -2.02. The third kappa shape index (κ3) is 4.00. The molecule has 0 radical (unpaired) electrons. The van der Waals surface area contributed by atoms with E-state index < -0.39 is 10.8 Å². The van der Waals surface area contributed by atoms with Crippen LogP contribution in [0.15, 0.2) is 47.6 Å². The largest absolute Gasteiger partial charge is 0.396 e. The Morgan fingerprint density at radius 1 is 1.17 bits per heavy atom. The van der Waals surface area contributed by atoms with Crippen molar-refractivity contribution in [3.8, 4) is 22.5 Å². The second-order valence-corrected chi connectivity index (χ2v) is 8.92. The first-order valence-electron chi connectivity index (χ1n) is 8.81. The van der Waals surface area contributed by atoms with Gasteiger partial charge in [-0.15, -0.1) is 11.3 Å². The second kappa shape index (κ2) is 8.68. The molecule has 0 aliphatic heterocycles. The fraction of sp³-hybridized carbons (Fsp3) is 0.211. The molecule has 148 valence electrons. The molecule has 2 N–H and O–H groups in total. The minimum Gasteiger partial charge on any atom is -0.396 e. The molecule has 8 nitrogen and oxygen atoms in total. The molecule has 4 heterocycles. The molecule has 0 fully saturated rings. The summed E-state index contributed by atoms with van der Waals surface area (Å²) in [6.45, 7) is 0.555. The summed E-state index contributed by atoms with van der Waals surface area (Å²) in [5, 5.41) is 0.754. The van der Waals surface area contributed by atoms with Gasteiger partial charge in [0.2, 0.25) is 0 Å². The number of pyridine rings is 1. The smallest absolute Gasteiger partial charge is 0.127 e. The van der Waals surface area contributed by atoms with Gasteiger partial charge in [0, 0.05) is 54.6 Å². The van der Waals surface area contributed by atoms with Crippen LogP contribution in [0.4, 0.5) is 5.69 Å². The number of rotatable bonds is 7. The second-order valence-electron chi connectivity index (χ2n) is 6.16. The molecule has 0 spiro atoms. The fourth-order valence-corrected chi connectivity index (χ4v) is 5.55. The number of hydrogen-bond donors (Lipinski definition) is 1. The molecule has 0 amide bonds. The number of methoxy groups -OCH3 is 1. The van der Waals surface area contributed by atoms with Gasteiger partial charge in [-0.05, 0) is 18.6 Å². The van der Waals surface area contributed by atoms with Gasteiger partial charge in [-0.2, -0.15) is 0 Å². The van der Waals surface area contributed by atoms with Crippen molar-refractivity contribution in [3.05, 3.63) is 43.4 Å². The first kappa shape index (κ1) is 19.5. The van der Waals surface area contributed by atoms with Crippen molar-refractivity contribution in [2.75, 3.05) is 25.2 Å². The third-order valence-corrected chi connectivity index (χ3v) is 7.26. The molecule has 0 saturated carbocycles. The van der Waals surface area contributed by atoms with Crippen molar-refractivity contribution in [3.63, 3.8) is 0 Å². The highest BCUT2D eigenvalue weighted by Crippen LogP contribution is 2.42. The molecule has 0 bridgehead atoms. The molecule has 29 heavy (non-hydrogen) atoms. The van der Waals surface area contributed by atoms with Crippen LogP contribution in [0.25, 0.3) is 32.7 Å². The molecular formula is C19H18N6O2S2. The Labute approximate surface area is 173 Å². The molecule has 4 aromatic heterocycles. The molecular weight excluding hydrogens is 408 g/mol. The van der Waals surface area contributed by atoms with Crippen molar-refractivity contribution in [1.82, 2.24) is 24.9 Å². The summed E-state index contributed by atoms with van der Waals surface area (Å²) in [6.07, 6.45) is 8.72. The molecule has 0 aliphatic rings. The van der Waals surface area contributed by atoms with E-state index >= 15 is 0 Å². The monoisotopic (exact) mass is 426 g/mol. The molecule has 1 unspecified atom stereocenters. The van der Waals surface area contributed by atoms with E-state index in [2.05, 4.69) is 19.9 Å². The van der Waals surface area contributed by atoms with E-state index in [9.17, 15) is 4.21 Å². The number of ether oxygens (including phenoxy) is 1. The van der Waals surface area contributed by atoms with E-state index in [-0.39, 0.29) is 0 Å². The average molecular weight is 427 g/mol. The van der Waals surface area contributed by atoms with Crippen LogP contribution in [0.1, 0.15) is 6.42 Å². The van der Waals surface area contributed by atoms with Crippen LogP contribution in [0.3, 0.4) is 0 Å². The van der Waals surface area contributed by atoms with Crippen LogP contribution >= 0.6 is 11.3 Å². The topological polar surface area (TPSA) is 117 Å². The Bertz CT molecular complexity index is 1150. The quantitative estimate of drug-likeness (QED) is 0.448. The maximum Gasteiger partial charge on any atom is 0.127 e. The molecule has 10 heteroatoms. The summed E-state index contributed by atoms with van der Waals surface area (Å²) in [5.41, 5.74) is 9.93. The van der Waals surface area contributed by atoms with E-state index in [1.165, 1.54) is 24.0 Å². The lowest BCUT2D eigenvalue weighted by atomic mass is 10.1. The zero-order valence-corrected chi connectivity index (χ0v) is 17.2. The van der Waals surface area contributed by atoms with E-state index in [1.807, 2.05) is 12.1 Å². The van der Waals surface area contributed by atoms with Crippen molar-refractivity contribution < 1.29 is 8.95 Å².